The van der Waals surface area contributed by atoms with Gasteiger partial charge in [-0.2, -0.15) is 0 Å². The molecule has 0 saturated carbocycles. The second-order valence-corrected chi connectivity index (χ2v) is 8.67. The van der Waals surface area contributed by atoms with Crippen LogP contribution in [0.3, 0.4) is 0 Å². The van der Waals surface area contributed by atoms with Crippen LogP contribution in [0.4, 0.5) is 0 Å². The third kappa shape index (κ3) is 3.96. The highest BCUT2D eigenvalue weighted by molar-refractivity contribution is 7.92. The molecule has 0 spiro atoms. The Morgan fingerprint density at radius 1 is 1.21 bits per heavy atom. The maximum Gasteiger partial charge on any atom is 0.155 e. The van der Waals surface area contributed by atoms with Crippen LogP contribution in [0.1, 0.15) is 34.1 Å². The van der Waals surface area contributed by atoms with Crippen molar-refractivity contribution in [3.05, 3.63) is 0 Å². The summed E-state index contributed by atoms with van der Waals surface area (Å²) in [6.07, 6.45) is 0.179. The van der Waals surface area contributed by atoms with E-state index < -0.39 is 30.5 Å². The molecule has 0 amide bonds. The SMILES string of the molecule is CC(CCS(=O)(=O)C(C)(C)C)[SH](=O)=O. The predicted molar refractivity (Wildman–Crippen MR) is 57.9 cm³/mol. The lowest BCUT2D eigenvalue weighted by atomic mass is 10.3. The van der Waals surface area contributed by atoms with E-state index in [2.05, 4.69) is 0 Å². The fraction of sp³-hybridized carbons (Fsp3) is 1.00. The minimum Gasteiger partial charge on any atom is -0.232 e. The first-order valence-corrected chi connectivity index (χ1v) is 7.33. The number of rotatable bonds is 4. The summed E-state index contributed by atoms with van der Waals surface area (Å²) in [6.45, 7) is 6.36. The van der Waals surface area contributed by atoms with Gasteiger partial charge in [-0.05, 0) is 34.1 Å². The van der Waals surface area contributed by atoms with Gasteiger partial charge in [0.25, 0.3) is 0 Å². The first-order chi connectivity index (χ1) is 6.08. The van der Waals surface area contributed by atoms with E-state index in [0.29, 0.717) is 0 Å². The van der Waals surface area contributed by atoms with E-state index in [1.807, 2.05) is 0 Å². The van der Waals surface area contributed by atoms with Crippen LogP contribution in [-0.2, 0) is 20.5 Å². The number of sulfone groups is 1. The Labute approximate surface area is 87.6 Å². The van der Waals surface area contributed by atoms with Crippen molar-refractivity contribution in [2.45, 2.75) is 44.1 Å². The molecule has 6 heteroatoms. The minimum absolute atomic E-state index is 0.0685. The molecule has 0 heterocycles. The summed E-state index contributed by atoms with van der Waals surface area (Å²) in [5.41, 5.74) is 0. The summed E-state index contributed by atoms with van der Waals surface area (Å²) in [5, 5.41) is -0.567. The van der Waals surface area contributed by atoms with Crippen LogP contribution in [0, 0.1) is 0 Å². The number of hydrogen-bond acceptors (Lipinski definition) is 4. The molecular formula is C8H18O4S2. The highest BCUT2D eigenvalue weighted by atomic mass is 32.2. The van der Waals surface area contributed by atoms with E-state index in [1.165, 1.54) is 6.92 Å². The van der Waals surface area contributed by atoms with Gasteiger partial charge >= 0.3 is 0 Å². The average molecular weight is 242 g/mol. The van der Waals surface area contributed by atoms with Crippen LogP contribution in [0.2, 0.25) is 0 Å². The van der Waals surface area contributed by atoms with Crippen LogP contribution in [0.25, 0.3) is 0 Å². The molecule has 4 nitrogen and oxygen atoms in total. The lowest BCUT2D eigenvalue weighted by molar-refractivity contribution is 0.556. The van der Waals surface area contributed by atoms with Crippen LogP contribution in [0.5, 0.6) is 0 Å². The van der Waals surface area contributed by atoms with Gasteiger partial charge in [0.15, 0.2) is 9.84 Å². The summed E-state index contributed by atoms with van der Waals surface area (Å²) in [6, 6.07) is 0. The number of hydrogen-bond donors (Lipinski definition) is 1. The van der Waals surface area contributed by atoms with Crippen molar-refractivity contribution in [3.8, 4) is 0 Å². The summed E-state index contributed by atoms with van der Waals surface area (Å²) < 4.78 is 43.4. The Bertz CT molecular complexity index is 338. The van der Waals surface area contributed by atoms with E-state index in [4.69, 9.17) is 0 Å². The van der Waals surface area contributed by atoms with Gasteiger partial charge in [0.1, 0.15) is 10.7 Å². The van der Waals surface area contributed by atoms with Gasteiger partial charge < -0.3 is 0 Å². The predicted octanol–water partition coefficient (Wildman–Crippen LogP) is 0.590. The van der Waals surface area contributed by atoms with E-state index in [9.17, 15) is 16.8 Å². The molecule has 0 fully saturated rings. The molecule has 0 bridgehead atoms. The largest absolute Gasteiger partial charge is 0.232 e. The van der Waals surface area contributed by atoms with E-state index in [-0.39, 0.29) is 12.2 Å². The fourth-order valence-corrected chi connectivity index (χ4v) is 2.53. The van der Waals surface area contributed by atoms with Crippen LogP contribution in [0.15, 0.2) is 0 Å². The van der Waals surface area contributed by atoms with Gasteiger partial charge in [-0.15, -0.1) is 0 Å². The molecule has 0 aromatic rings. The molecule has 86 valence electrons. The topological polar surface area (TPSA) is 68.3 Å². The zero-order valence-electron chi connectivity index (χ0n) is 8.98. The van der Waals surface area contributed by atoms with E-state index >= 15 is 0 Å². The monoisotopic (exact) mass is 242 g/mol. The molecule has 0 aliphatic heterocycles. The standard InChI is InChI=1S/C8H18O4S2/c1-7(13(9)10)5-6-14(11,12)8(2,3)4/h7,13H,5-6H2,1-4H3. The number of thiol groups is 1. The molecule has 0 aliphatic carbocycles. The Morgan fingerprint density at radius 3 is 1.93 bits per heavy atom. The summed E-state index contributed by atoms with van der Waals surface area (Å²) in [4.78, 5) is 0. The Balaban J connectivity index is 4.43. The fourth-order valence-electron chi connectivity index (χ4n) is 0.737. The molecule has 0 saturated heterocycles. The lowest BCUT2D eigenvalue weighted by Gasteiger charge is -2.19. The summed E-state index contributed by atoms with van der Waals surface area (Å²) in [7, 11) is -5.71. The van der Waals surface area contributed by atoms with Gasteiger partial charge in [-0.25, -0.2) is 16.8 Å². The van der Waals surface area contributed by atoms with Gasteiger partial charge in [0, 0.05) is 0 Å². The van der Waals surface area contributed by atoms with Crippen molar-refractivity contribution in [1.82, 2.24) is 0 Å². The molecular weight excluding hydrogens is 224 g/mol. The van der Waals surface area contributed by atoms with Crippen molar-refractivity contribution >= 4 is 20.5 Å². The highest BCUT2D eigenvalue weighted by Crippen LogP contribution is 2.17. The Morgan fingerprint density at radius 2 is 1.64 bits per heavy atom. The summed E-state index contributed by atoms with van der Waals surface area (Å²) >= 11 is 0. The third-order valence-electron chi connectivity index (χ3n) is 2.10. The normalized spacial score (nSPS) is 15.8. The van der Waals surface area contributed by atoms with Gasteiger partial charge in [-0.3, -0.25) is 0 Å². The first-order valence-electron chi connectivity index (χ1n) is 4.44. The van der Waals surface area contributed by atoms with Crippen molar-refractivity contribution in [2.75, 3.05) is 5.75 Å². The van der Waals surface area contributed by atoms with Gasteiger partial charge in [0.05, 0.1) is 15.7 Å². The third-order valence-corrected chi connectivity index (χ3v) is 5.71. The van der Waals surface area contributed by atoms with Crippen LogP contribution in [-0.4, -0.2) is 32.6 Å². The Kier molecular flexibility index (Phi) is 4.58. The first kappa shape index (κ1) is 13.9. The molecule has 0 radical (unpaired) electrons. The minimum atomic E-state index is -3.19. The van der Waals surface area contributed by atoms with Crippen molar-refractivity contribution in [1.29, 1.82) is 0 Å². The molecule has 0 rings (SSSR count). The van der Waals surface area contributed by atoms with E-state index in [0.717, 1.165) is 0 Å². The van der Waals surface area contributed by atoms with Crippen molar-refractivity contribution in [2.24, 2.45) is 0 Å². The molecule has 0 aromatic carbocycles. The molecule has 1 atom stereocenters. The maximum atomic E-state index is 11.6. The smallest absolute Gasteiger partial charge is 0.155 e. The Hall–Kier alpha value is -0.100. The average Bonchev–Trinajstić information content (AvgIpc) is 1.97. The zero-order chi connectivity index (χ0) is 11.6. The van der Waals surface area contributed by atoms with Gasteiger partial charge in [0.2, 0.25) is 0 Å². The lowest BCUT2D eigenvalue weighted by Crippen LogP contribution is -2.31. The van der Waals surface area contributed by atoms with Crippen molar-refractivity contribution < 1.29 is 16.8 Å². The van der Waals surface area contributed by atoms with Crippen molar-refractivity contribution in [3.63, 3.8) is 0 Å². The van der Waals surface area contributed by atoms with E-state index in [1.54, 1.807) is 20.8 Å². The quantitative estimate of drug-likeness (QED) is 0.733. The second-order valence-electron chi connectivity index (χ2n) is 4.35. The molecule has 0 N–H and O–H groups in total. The second kappa shape index (κ2) is 4.61. The molecule has 0 aromatic heterocycles. The van der Waals surface area contributed by atoms with Gasteiger partial charge in [-0.1, -0.05) is 0 Å². The zero-order valence-corrected chi connectivity index (χ0v) is 10.7. The highest BCUT2D eigenvalue weighted by Gasteiger charge is 2.29. The maximum absolute atomic E-state index is 11.6. The molecule has 14 heavy (non-hydrogen) atoms. The van der Waals surface area contributed by atoms with Crippen LogP contribution >= 0.6 is 0 Å². The summed E-state index contributed by atoms with van der Waals surface area (Å²) in [5.74, 6) is -0.0685. The van der Waals surface area contributed by atoms with Crippen LogP contribution < -0.4 is 0 Å². The molecule has 0 aliphatic rings. The molecule has 1 unspecified atom stereocenters.